The fourth-order valence-electron chi connectivity index (χ4n) is 3.16. The third kappa shape index (κ3) is 3.68. The van der Waals surface area contributed by atoms with Gasteiger partial charge in [-0.1, -0.05) is 6.07 Å². The van der Waals surface area contributed by atoms with Crippen molar-refractivity contribution < 1.29 is 14.6 Å². The summed E-state index contributed by atoms with van der Waals surface area (Å²) in [7, 11) is 0. The van der Waals surface area contributed by atoms with Crippen molar-refractivity contribution in [3.8, 4) is 11.5 Å². The summed E-state index contributed by atoms with van der Waals surface area (Å²) in [4.78, 5) is 8.14. The number of ether oxygens (including phenoxy) is 2. The van der Waals surface area contributed by atoms with Gasteiger partial charge in [0.25, 0.3) is 0 Å². The number of benzene rings is 1. The first-order valence-electron chi connectivity index (χ1n) is 8.65. The zero-order valence-electron chi connectivity index (χ0n) is 14.3. The van der Waals surface area contributed by atoms with E-state index in [0.717, 1.165) is 28.9 Å². The van der Waals surface area contributed by atoms with Gasteiger partial charge in [0.2, 0.25) is 0 Å². The summed E-state index contributed by atoms with van der Waals surface area (Å²) >= 11 is 0. The van der Waals surface area contributed by atoms with Crippen molar-refractivity contribution in [2.24, 2.45) is 5.92 Å². The van der Waals surface area contributed by atoms with E-state index in [1.165, 1.54) is 0 Å². The Morgan fingerprint density at radius 1 is 1.04 bits per heavy atom. The number of hydrogen-bond donors (Lipinski definition) is 1. The van der Waals surface area contributed by atoms with Gasteiger partial charge in [-0.15, -0.1) is 0 Å². The van der Waals surface area contributed by atoms with Gasteiger partial charge >= 0.3 is 0 Å². The Balaban J connectivity index is 1.48. The smallest absolute Gasteiger partial charge is 0.125 e. The lowest BCUT2D eigenvalue weighted by Crippen LogP contribution is -2.27. The minimum Gasteiger partial charge on any atom is -0.493 e. The summed E-state index contributed by atoms with van der Waals surface area (Å²) in [5, 5.41) is 10.8. The first kappa shape index (κ1) is 16.5. The number of aliphatic hydroxyl groups is 1. The number of fused-ring (bicyclic) bond motifs is 1. The molecule has 2 aromatic heterocycles. The van der Waals surface area contributed by atoms with Crippen molar-refractivity contribution in [3.63, 3.8) is 0 Å². The van der Waals surface area contributed by atoms with Crippen LogP contribution >= 0.6 is 0 Å². The van der Waals surface area contributed by atoms with E-state index in [-0.39, 0.29) is 5.92 Å². The molecule has 4 rings (SSSR count). The molecule has 132 valence electrons. The minimum atomic E-state index is -0.594. The molecule has 1 N–H and O–H groups in total. The topological polar surface area (TPSA) is 64.5 Å². The molecule has 0 amide bonds. The van der Waals surface area contributed by atoms with Crippen LogP contribution in [0.1, 0.15) is 22.8 Å². The molecule has 0 saturated carbocycles. The fourth-order valence-corrected chi connectivity index (χ4v) is 3.16. The van der Waals surface area contributed by atoms with E-state index in [4.69, 9.17) is 9.47 Å². The Morgan fingerprint density at radius 3 is 2.73 bits per heavy atom. The zero-order valence-corrected chi connectivity index (χ0v) is 14.3. The van der Waals surface area contributed by atoms with Crippen LogP contribution in [0, 0.1) is 5.92 Å². The molecular weight excluding hydrogens is 328 g/mol. The second-order valence-corrected chi connectivity index (χ2v) is 6.43. The molecule has 3 aromatic rings. The summed E-state index contributed by atoms with van der Waals surface area (Å²) < 4.78 is 11.7. The summed E-state index contributed by atoms with van der Waals surface area (Å²) in [6.07, 6.45) is 7.19. The maximum atomic E-state index is 10.8. The summed E-state index contributed by atoms with van der Waals surface area (Å²) in [5.41, 5.74) is 2.91. The zero-order chi connectivity index (χ0) is 17.8. The average Bonchev–Trinajstić information content (AvgIpc) is 2.70. The van der Waals surface area contributed by atoms with Crippen molar-refractivity contribution in [2.75, 3.05) is 6.61 Å². The number of aromatic nitrogens is 2. The van der Waals surface area contributed by atoms with Gasteiger partial charge < -0.3 is 14.6 Å². The van der Waals surface area contributed by atoms with E-state index in [9.17, 15) is 5.11 Å². The minimum absolute atomic E-state index is 0.0119. The molecule has 1 aromatic carbocycles. The maximum Gasteiger partial charge on any atom is 0.125 e. The molecule has 0 saturated heterocycles. The van der Waals surface area contributed by atoms with E-state index < -0.39 is 6.10 Å². The second kappa shape index (κ2) is 7.54. The molecule has 5 nitrogen and oxygen atoms in total. The first-order valence-corrected chi connectivity index (χ1v) is 8.65. The standard InChI is InChI=1S/C21H20N2O3/c24-21-17(10-16-2-1-7-23-12-16)14-26-20-4-3-18(11-19(20)21)25-13-15-5-8-22-9-6-15/h1-9,11-12,17,21,24H,10,13-14H2. The van der Waals surface area contributed by atoms with Gasteiger partial charge in [0.1, 0.15) is 18.1 Å². The molecule has 0 aliphatic carbocycles. The molecule has 1 aliphatic heterocycles. The second-order valence-electron chi connectivity index (χ2n) is 6.43. The molecule has 0 radical (unpaired) electrons. The lowest BCUT2D eigenvalue weighted by atomic mass is 9.88. The molecule has 0 bridgehead atoms. The van der Waals surface area contributed by atoms with Crippen molar-refractivity contribution >= 4 is 0 Å². The normalized spacial score (nSPS) is 18.7. The third-order valence-electron chi connectivity index (χ3n) is 4.57. The molecular formula is C21H20N2O3. The van der Waals surface area contributed by atoms with Crippen LogP contribution in [0.25, 0.3) is 0 Å². The van der Waals surface area contributed by atoms with Crippen LogP contribution in [-0.4, -0.2) is 21.7 Å². The molecule has 0 spiro atoms. The number of hydrogen-bond acceptors (Lipinski definition) is 5. The van der Waals surface area contributed by atoms with Gasteiger partial charge in [0.15, 0.2) is 0 Å². The van der Waals surface area contributed by atoms with Gasteiger partial charge in [0, 0.05) is 36.3 Å². The van der Waals surface area contributed by atoms with Crippen LogP contribution in [0.2, 0.25) is 0 Å². The van der Waals surface area contributed by atoms with Crippen LogP contribution in [0.3, 0.4) is 0 Å². The number of nitrogens with zero attached hydrogens (tertiary/aromatic N) is 2. The van der Waals surface area contributed by atoms with Crippen molar-refractivity contribution in [3.05, 3.63) is 83.9 Å². The van der Waals surface area contributed by atoms with Crippen molar-refractivity contribution in [2.45, 2.75) is 19.1 Å². The van der Waals surface area contributed by atoms with Crippen molar-refractivity contribution in [1.82, 2.24) is 9.97 Å². The Bertz CT molecular complexity index is 856. The highest BCUT2D eigenvalue weighted by molar-refractivity contribution is 5.43. The van der Waals surface area contributed by atoms with E-state index in [0.29, 0.717) is 19.0 Å². The highest BCUT2D eigenvalue weighted by Gasteiger charge is 2.30. The Hall–Kier alpha value is -2.92. The van der Waals surface area contributed by atoms with Crippen LogP contribution < -0.4 is 9.47 Å². The molecule has 0 fully saturated rings. The summed E-state index contributed by atoms with van der Waals surface area (Å²) in [6.45, 7) is 0.942. The molecule has 3 heterocycles. The largest absolute Gasteiger partial charge is 0.493 e. The predicted octanol–water partition coefficient (Wildman–Crippen LogP) is 3.34. The summed E-state index contributed by atoms with van der Waals surface area (Å²) in [6, 6.07) is 13.4. The van der Waals surface area contributed by atoms with Gasteiger partial charge in [-0.05, 0) is 53.9 Å². The van der Waals surface area contributed by atoms with Crippen LogP contribution in [-0.2, 0) is 13.0 Å². The quantitative estimate of drug-likeness (QED) is 0.766. The van der Waals surface area contributed by atoms with Crippen LogP contribution in [0.4, 0.5) is 0 Å². The SMILES string of the molecule is OC1c2cc(OCc3ccncc3)ccc2OCC1Cc1cccnc1. The van der Waals surface area contributed by atoms with E-state index >= 15 is 0 Å². The van der Waals surface area contributed by atoms with Gasteiger partial charge in [-0.25, -0.2) is 0 Å². The molecule has 26 heavy (non-hydrogen) atoms. The summed E-state index contributed by atoms with van der Waals surface area (Å²) in [5.74, 6) is 1.42. The van der Waals surface area contributed by atoms with Crippen molar-refractivity contribution in [1.29, 1.82) is 0 Å². The average molecular weight is 348 g/mol. The van der Waals surface area contributed by atoms with E-state index in [1.807, 2.05) is 48.7 Å². The molecule has 2 atom stereocenters. The van der Waals surface area contributed by atoms with Gasteiger partial charge in [0.05, 0.1) is 12.7 Å². The molecule has 1 aliphatic rings. The highest BCUT2D eigenvalue weighted by Crippen LogP contribution is 2.38. The number of aliphatic hydroxyl groups excluding tert-OH is 1. The van der Waals surface area contributed by atoms with Gasteiger partial charge in [-0.2, -0.15) is 0 Å². The number of rotatable bonds is 5. The Kier molecular flexibility index (Phi) is 4.80. The molecule has 5 heteroatoms. The Labute approximate surface area is 152 Å². The van der Waals surface area contributed by atoms with Crippen LogP contribution in [0.5, 0.6) is 11.5 Å². The Morgan fingerprint density at radius 2 is 1.92 bits per heavy atom. The number of pyridine rings is 2. The van der Waals surface area contributed by atoms with E-state index in [1.54, 1.807) is 18.6 Å². The maximum absolute atomic E-state index is 10.8. The first-order chi connectivity index (χ1) is 12.8. The fraction of sp³-hybridized carbons (Fsp3) is 0.238. The highest BCUT2D eigenvalue weighted by atomic mass is 16.5. The predicted molar refractivity (Wildman–Crippen MR) is 96.9 cm³/mol. The lowest BCUT2D eigenvalue weighted by molar-refractivity contribution is 0.0504. The monoisotopic (exact) mass is 348 g/mol. The lowest BCUT2D eigenvalue weighted by Gasteiger charge is -2.30. The third-order valence-corrected chi connectivity index (χ3v) is 4.57. The van der Waals surface area contributed by atoms with E-state index in [2.05, 4.69) is 9.97 Å². The van der Waals surface area contributed by atoms with Crippen LogP contribution in [0.15, 0.2) is 67.3 Å². The van der Waals surface area contributed by atoms with Gasteiger partial charge in [-0.3, -0.25) is 9.97 Å². The molecule has 2 unspecified atom stereocenters.